The van der Waals surface area contributed by atoms with Crippen LogP contribution in [0, 0.1) is 0 Å². The highest BCUT2D eigenvalue weighted by molar-refractivity contribution is 6.15. The van der Waals surface area contributed by atoms with E-state index >= 15 is 0 Å². The number of fused-ring (bicyclic) bond motifs is 1. The standard InChI is InChI=1S/C23H27NO5.ClH/c1-5-6-12-24(2)14-17-18(25)11-10-16-21(26)20(29-23(16)17)13-15-8-7-9-19(27-3)22(15)28-4;/h7-11,13,25H,5-6,12,14H2,1-4H3;1H. The number of aromatic hydroxyl groups is 1. The fraction of sp³-hybridized carbons (Fsp3) is 0.348. The second-order valence-corrected chi connectivity index (χ2v) is 7.05. The van der Waals surface area contributed by atoms with E-state index in [1.807, 2.05) is 19.2 Å². The van der Waals surface area contributed by atoms with Crippen LogP contribution in [0.15, 0.2) is 36.1 Å². The van der Waals surface area contributed by atoms with Gasteiger partial charge >= 0.3 is 0 Å². The predicted molar refractivity (Wildman–Crippen MR) is 119 cm³/mol. The number of ketones is 1. The Kier molecular flexibility index (Phi) is 8.15. The van der Waals surface area contributed by atoms with E-state index in [-0.39, 0.29) is 29.7 Å². The lowest BCUT2D eigenvalue weighted by Crippen LogP contribution is -2.19. The molecule has 0 saturated heterocycles. The van der Waals surface area contributed by atoms with Gasteiger partial charge in [0.1, 0.15) is 11.5 Å². The first-order valence-electron chi connectivity index (χ1n) is 9.68. The largest absolute Gasteiger partial charge is 0.507 e. The molecule has 0 spiro atoms. The number of benzene rings is 2. The molecule has 3 rings (SSSR count). The van der Waals surface area contributed by atoms with Crippen LogP contribution in [0.3, 0.4) is 0 Å². The summed E-state index contributed by atoms with van der Waals surface area (Å²) >= 11 is 0. The van der Waals surface area contributed by atoms with Gasteiger partial charge in [-0.25, -0.2) is 0 Å². The van der Waals surface area contributed by atoms with Gasteiger partial charge in [-0.1, -0.05) is 25.5 Å². The van der Waals surface area contributed by atoms with Crippen molar-refractivity contribution >= 4 is 24.3 Å². The second-order valence-electron chi connectivity index (χ2n) is 7.05. The van der Waals surface area contributed by atoms with Crippen LogP contribution in [0.2, 0.25) is 0 Å². The zero-order chi connectivity index (χ0) is 21.0. The minimum atomic E-state index is -0.220. The molecule has 0 bridgehead atoms. The normalized spacial score (nSPS) is 13.8. The summed E-state index contributed by atoms with van der Waals surface area (Å²) in [5, 5.41) is 10.4. The third-order valence-corrected chi connectivity index (χ3v) is 4.96. The number of nitrogens with zero attached hydrogens (tertiary/aromatic N) is 1. The van der Waals surface area contributed by atoms with Crippen molar-refractivity contribution in [1.29, 1.82) is 0 Å². The van der Waals surface area contributed by atoms with Gasteiger partial charge in [0.15, 0.2) is 17.3 Å². The monoisotopic (exact) mass is 433 g/mol. The number of ether oxygens (including phenoxy) is 3. The molecule has 0 unspecified atom stereocenters. The minimum Gasteiger partial charge on any atom is -0.507 e. The molecule has 6 nitrogen and oxygen atoms in total. The summed E-state index contributed by atoms with van der Waals surface area (Å²) in [5.74, 6) is 1.61. The molecule has 2 aromatic carbocycles. The van der Waals surface area contributed by atoms with Crippen LogP contribution in [0.4, 0.5) is 0 Å². The maximum Gasteiger partial charge on any atom is 0.231 e. The van der Waals surface area contributed by atoms with E-state index in [9.17, 15) is 9.90 Å². The maximum absolute atomic E-state index is 12.9. The Balaban J connectivity index is 0.00000320. The summed E-state index contributed by atoms with van der Waals surface area (Å²) in [7, 11) is 5.10. The van der Waals surface area contributed by atoms with E-state index < -0.39 is 0 Å². The van der Waals surface area contributed by atoms with Gasteiger partial charge in [-0.05, 0) is 44.3 Å². The van der Waals surface area contributed by atoms with Crippen LogP contribution in [-0.4, -0.2) is 43.6 Å². The number of rotatable bonds is 8. The first-order valence-corrected chi connectivity index (χ1v) is 9.68. The number of carbonyl (C=O) groups excluding carboxylic acids is 1. The highest BCUT2D eigenvalue weighted by Gasteiger charge is 2.31. The lowest BCUT2D eigenvalue weighted by molar-refractivity contribution is 0.101. The van der Waals surface area contributed by atoms with Crippen molar-refractivity contribution in [2.75, 3.05) is 27.8 Å². The number of para-hydroxylation sites is 1. The van der Waals surface area contributed by atoms with Crippen molar-refractivity contribution < 1.29 is 24.1 Å². The molecule has 0 fully saturated rings. The number of allylic oxidation sites excluding steroid dienone is 1. The predicted octanol–water partition coefficient (Wildman–Crippen LogP) is 4.68. The Labute approximate surface area is 183 Å². The third kappa shape index (κ3) is 4.71. The molecule has 1 aliphatic rings. The van der Waals surface area contributed by atoms with Crippen molar-refractivity contribution in [3.05, 3.63) is 52.8 Å². The van der Waals surface area contributed by atoms with E-state index in [0.29, 0.717) is 40.5 Å². The molecule has 162 valence electrons. The molecule has 0 aliphatic carbocycles. The number of halogens is 1. The molecule has 2 aromatic rings. The lowest BCUT2D eigenvalue weighted by atomic mass is 10.0. The molecular weight excluding hydrogens is 406 g/mol. The molecule has 1 aliphatic heterocycles. The minimum absolute atomic E-state index is 0. The highest BCUT2D eigenvalue weighted by atomic mass is 35.5. The Hall–Kier alpha value is -2.70. The summed E-state index contributed by atoms with van der Waals surface area (Å²) in [6.45, 7) is 3.53. The maximum atomic E-state index is 12.9. The van der Waals surface area contributed by atoms with Crippen LogP contribution in [0.25, 0.3) is 6.08 Å². The van der Waals surface area contributed by atoms with Gasteiger partial charge < -0.3 is 24.2 Å². The van der Waals surface area contributed by atoms with Crippen LogP contribution >= 0.6 is 12.4 Å². The molecular formula is C23H28ClNO5. The Morgan fingerprint density at radius 1 is 1.17 bits per heavy atom. The molecule has 1 N–H and O–H groups in total. The van der Waals surface area contributed by atoms with Crippen molar-refractivity contribution in [2.24, 2.45) is 0 Å². The SMILES string of the molecule is CCCCN(C)Cc1c(O)ccc2c1OC(=Cc1cccc(OC)c1OC)C2=O.Cl. The van der Waals surface area contributed by atoms with Crippen molar-refractivity contribution in [3.63, 3.8) is 0 Å². The number of phenolic OH excluding ortho intramolecular Hbond substituents is 1. The fourth-order valence-corrected chi connectivity index (χ4v) is 3.39. The molecule has 0 aromatic heterocycles. The van der Waals surface area contributed by atoms with Gasteiger partial charge in [0.05, 0.1) is 25.3 Å². The number of unbranched alkanes of at least 4 members (excludes halogenated alkanes) is 1. The molecule has 30 heavy (non-hydrogen) atoms. The zero-order valence-electron chi connectivity index (χ0n) is 17.7. The number of methoxy groups -OCH3 is 2. The van der Waals surface area contributed by atoms with Gasteiger partial charge in [0, 0.05) is 12.1 Å². The first-order chi connectivity index (χ1) is 14.0. The third-order valence-electron chi connectivity index (χ3n) is 4.96. The Morgan fingerprint density at radius 2 is 1.93 bits per heavy atom. The topological polar surface area (TPSA) is 68.2 Å². The van der Waals surface area contributed by atoms with Crippen LogP contribution < -0.4 is 14.2 Å². The van der Waals surface area contributed by atoms with Gasteiger partial charge in [0.25, 0.3) is 0 Å². The van der Waals surface area contributed by atoms with Crippen molar-refractivity contribution in [2.45, 2.75) is 26.3 Å². The first kappa shape index (κ1) is 23.6. The summed E-state index contributed by atoms with van der Waals surface area (Å²) < 4.78 is 16.7. The van der Waals surface area contributed by atoms with E-state index in [0.717, 1.165) is 19.4 Å². The average Bonchev–Trinajstić information content (AvgIpc) is 3.04. The van der Waals surface area contributed by atoms with Gasteiger partial charge in [-0.3, -0.25) is 4.79 Å². The highest BCUT2D eigenvalue weighted by Crippen LogP contribution is 2.41. The van der Waals surface area contributed by atoms with Crippen molar-refractivity contribution in [1.82, 2.24) is 4.90 Å². The summed E-state index contributed by atoms with van der Waals surface area (Å²) in [6, 6.07) is 8.59. The molecule has 0 atom stereocenters. The van der Waals surface area contributed by atoms with E-state index in [4.69, 9.17) is 14.2 Å². The molecule has 0 saturated carbocycles. The quantitative estimate of drug-likeness (QED) is 0.609. The smallest absolute Gasteiger partial charge is 0.231 e. The number of phenols is 1. The number of carbonyl (C=O) groups is 1. The van der Waals surface area contributed by atoms with Gasteiger partial charge in [-0.15, -0.1) is 12.4 Å². The Morgan fingerprint density at radius 3 is 2.60 bits per heavy atom. The molecule has 0 radical (unpaired) electrons. The van der Waals surface area contributed by atoms with Crippen molar-refractivity contribution in [3.8, 4) is 23.0 Å². The molecule has 0 amide bonds. The summed E-state index contributed by atoms with van der Waals surface area (Å²) in [4.78, 5) is 15.0. The Bertz CT molecular complexity index is 941. The second kappa shape index (κ2) is 10.4. The zero-order valence-corrected chi connectivity index (χ0v) is 18.5. The number of Topliss-reactive ketones (excluding diaryl/α,β-unsaturated/α-hetero) is 1. The van der Waals surface area contributed by atoms with Crippen LogP contribution in [0.5, 0.6) is 23.0 Å². The van der Waals surface area contributed by atoms with Gasteiger partial charge in [0.2, 0.25) is 5.78 Å². The van der Waals surface area contributed by atoms with Gasteiger partial charge in [-0.2, -0.15) is 0 Å². The summed E-state index contributed by atoms with van der Waals surface area (Å²) in [5.41, 5.74) is 1.75. The van der Waals surface area contributed by atoms with Crippen LogP contribution in [-0.2, 0) is 6.54 Å². The van der Waals surface area contributed by atoms with E-state index in [2.05, 4.69) is 11.8 Å². The fourth-order valence-electron chi connectivity index (χ4n) is 3.39. The number of hydrogen-bond acceptors (Lipinski definition) is 6. The lowest BCUT2D eigenvalue weighted by Gasteiger charge is -2.18. The van der Waals surface area contributed by atoms with E-state index in [1.54, 1.807) is 38.5 Å². The summed E-state index contributed by atoms with van der Waals surface area (Å²) in [6.07, 6.45) is 3.80. The molecule has 7 heteroatoms. The molecule has 1 heterocycles. The number of hydrogen-bond donors (Lipinski definition) is 1. The van der Waals surface area contributed by atoms with Crippen LogP contribution in [0.1, 0.15) is 41.3 Å². The average molecular weight is 434 g/mol. The van der Waals surface area contributed by atoms with E-state index in [1.165, 1.54) is 0 Å².